The van der Waals surface area contributed by atoms with Crippen LogP contribution in [-0.2, 0) is 9.59 Å². The molecule has 3 aliphatic heterocycles. The summed E-state index contributed by atoms with van der Waals surface area (Å²) in [5.74, 6) is -1.88. The monoisotopic (exact) mass is 471 g/mol. The molecular formula is C24H33N5O5. The number of urea groups is 2. The summed E-state index contributed by atoms with van der Waals surface area (Å²) in [6.45, 7) is 4.79. The van der Waals surface area contributed by atoms with Gasteiger partial charge in [-0.1, -0.05) is 30.3 Å². The zero-order valence-corrected chi connectivity index (χ0v) is 19.5. The van der Waals surface area contributed by atoms with Crippen molar-refractivity contribution in [3.8, 4) is 0 Å². The number of hydrogen-bond donors (Lipinski definition) is 3. The maximum Gasteiger partial charge on any atom is 0.327 e. The molecule has 0 radical (unpaired) electrons. The van der Waals surface area contributed by atoms with Crippen molar-refractivity contribution in [2.24, 2.45) is 11.8 Å². The second-order valence-corrected chi connectivity index (χ2v) is 9.37. The van der Waals surface area contributed by atoms with Crippen molar-refractivity contribution in [2.45, 2.75) is 38.3 Å². The number of nitrogens with one attached hydrogen (secondary N) is 2. The van der Waals surface area contributed by atoms with Crippen LogP contribution in [-0.4, -0.2) is 89.1 Å². The summed E-state index contributed by atoms with van der Waals surface area (Å²) in [5, 5.41) is 16.0. The minimum atomic E-state index is -1.14. The summed E-state index contributed by atoms with van der Waals surface area (Å²) in [4.78, 5) is 54.4. The third-order valence-corrected chi connectivity index (χ3v) is 7.20. The minimum absolute atomic E-state index is 0.153. The highest BCUT2D eigenvalue weighted by molar-refractivity contribution is 6.07. The maximum atomic E-state index is 13.0. The van der Waals surface area contributed by atoms with Gasteiger partial charge in [0.2, 0.25) is 5.91 Å². The molecule has 0 aliphatic carbocycles. The van der Waals surface area contributed by atoms with Gasteiger partial charge >= 0.3 is 18.0 Å². The Morgan fingerprint density at radius 1 is 1.06 bits per heavy atom. The predicted molar refractivity (Wildman–Crippen MR) is 124 cm³/mol. The number of rotatable bonds is 5. The lowest BCUT2D eigenvalue weighted by molar-refractivity contribution is -0.167. The van der Waals surface area contributed by atoms with Crippen LogP contribution in [0.5, 0.6) is 0 Å². The van der Waals surface area contributed by atoms with Crippen LogP contribution in [0.2, 0.25) is 0 Å². The number of piperazine rings is 1. The lowest BCUT2D eigenvalue weighted by Gasteiger charge is -2.47. The van der Waals surface area contributed by atoms with Crippen molar-refractivity contribution in [3.63, 3.8) is 0 Å². The Kier molecular flexibility index (Phi) is 7.35. The van der Waals surface area contributed by atoms with Gasteiger partial charge in [0, 0.05) is 26.2 Å². The van der Waals surface area contributed by atoms with Crippen molar-refractivity contribution in [2.75, 3.05) is 39.3 Å². The van der Waals surface area contributed by atoms with Crippen LogP contribution in [0.3, 0.4) is 0 Å². The van der Waals surface area contributed by atoms with E-state index in [-0.39, 0.29) is 25.2 Å². The van der Waals surface area contributed by atoms with Gasteiger partial charge in [0.1, 0.15) is 0 Å². The topological polar surface area (TPSA) is 122 Å². The number of carbonyl (C=O) groups excluding carboxylic acids is 3. The van der Waals surface area contributed by atoms with Crippen molar-refractivity contribution in [1.29, 1.82) is 0 Å². The largest absolute Gasteiger partial charge is 0.480 e. The number of amides is 5. The molecule has 3 fully saturated rings. The van der Waals surface area contributed by atoms with Crippen LogP contribution in [0.4, 0.5) is 9.59 Å². The van der Waals surface area contributed by atoms with Crippen LogP contribution in [0, 0.1) is 11.8 Å². The fraction of sp³-hybridized carbons (Fsp3) is 0.583. The fourth-order valence-corrected chi connectivity index (χ4v) is 5.11. The predicted octanol–water partition coefficient (Wildman–Crippen LogP) is 1.50. The van der Waals surface area contributed by atoms with Crippen LogP contribution in [0.15, 0.2) is 30.3 Å². The average Bonchev–Trinajstić information content (AvgIpc) is 2.86. The number of β-lactam (4-membered cyclic amide) rings is 1. The molecule has 0 spiro atoms. The number of likely N-dealkylation sites (tertiary alicyclic amines) is 1. The van der Waals surface area contributed by atoms with E-state index in [9.17, 15) is 24.3 Å². The molecule has 184 valence electrons. The van der Waals surface area contributed by atoms with Gasteiger partial charge in [-0.25, -0.2) is 19.3 Å². The van der Waals surface area contributed by atoms with E-state index in [0.717, 1.165) is 36.4 Å². The number of carboxylic acid groups (broad SMARTS) is 1. The van der Waals surface area contributed by atoms with Crippen LogP contribution >= 0.6 is 0 Å². The Morgan fingerprint density at radius 3 is 2.29 bits per heavy atom. The number of benzene rings is 1. The molecule has 3 saturated heterocycles. The molecule has 3 heterocycles. The normalized spacial score (nSPS) is 24.4. The third kappa shape index (κ3) is 5.01. The number of piperidine rings is 1. The molecule has 3 aliphatic rings. The Morgan fingerprint density at radius 2 is 1.68 bits per heavy atom. The zero-order valence-electron chi connectivity index (χ0n) is 19.5. The molecule has 4 rings (SSSR count). The first kappa shape index (κ1) is 24.0. The number of imide groups is 1. The first-order chi connectivity index (χ1) is 16.4. The van der Waals surface area contributed by atoms with Gasteiger partial charge in [0.15, 0.2) is 6.04 Å². The van der Waals surface area contributed by atoms with Crippen molar-refractivity contribution >= 4 is 23.9 Å². The SMILES string of the molecule is C[C@@H](NC(=O)N1CCN(C(=O)N2C(=O)[C@H](CC3CCNCC3)[C@H]2C(=O)O)CC1)c1ccccc1. The van der Waals surface area contributed by atoms with Crippen LogP contribution in [0.1, 0.15) is 37.8 Å². The summed E-state index contributed by atoms with van der Waals surface area (Å²) in [6.07, 6.45) is 2.34. The maximum absolute atomic E-state index is 13.0. The summed E-state index contributed by atoms with van der Waals surface area (Å²) in [7, 11) is 0. The highest BCUT2D eigenvalue weighted by atomic mass is 16.4. The lowest BCUT2D eigenvalue weighted by atomic mass is 9.78. The van der Waals surface area contributed by atoms with E-state index in [1.54, 1.807) is 4.90 Å². The number of hydrogen-bond acceptors (Lipinski definition) is 5. The Labute approximate surface area is 199 Å². The second kappa shape index (κ2) is 10.4. The summed E-state index contributed by atoms with van der Waals surface area (Å²) in [6, 6.07) is 7.60. The van der Waals surface area contributed by atoms with Gasteiger partial charge in [0.05, 0.1) is 12.0 Å². The van der Waals surface area contributed by atoms with Crippen molar-refractivity contribution in [3.05, 3.63) is 35.9 Å². The third-order valence-electron chi connectivity index (χ3n) is 7.20. The molecule has 3 N–H and O–H groups in total. The Hall–Kier alpha value is -3.14. The Balaban J connectivity index is 1.29. The van der Waals surface area contributed by atoms with Crippen LogP contribution in [0.25, 0.3) is 0 Å². The van der Waals surface area contributed by atoms with Crippen LogP contribution < -0.4 is 10.6 Å². The van der Waals surface area contributed by atoms with E-state index < -0.39 is 29.9 Å². The lowest BCUT2D eigenvalue weighted by Crippen LogP contribution is -2.69. The fourth-order valence-electron chi connectivity index (χ4n) is 5.11. The molecular weight excluding hydrogens is 438 g/mol. The van der Waals surface area contributed by atoms with Gasteiger partial charge < -0.3 is 25.5 Å². The highest BCUT2D eigenvalue weighted by Gasteiger charge is 2.56. The number of carbonyl (C=O) groups is 4. The molecule has 0 saturated carbocycles. The smallest absolute Gasteiger partial charge is 0.327 e. The van der Waals surface area contributed by atoms with Gasteiger partial charge in [-0.2, -0.15) is 0 Å². The molecule has 3 atom stereocenters. The minimum Gasteiger partial charge on any atom is -0.480 e. The van der Waals surface area contributed by atoms with E-state index in [2.05, 4.69) is 10.6 Å². The standard InChI is InChI=1S/C24H33N5O5/c1-16(18-5-3-2-4-6-18)26-23(33)27-11-13-28(14-12-27)24(34)29-20(22(31)32)19(21(29)30)15-17-7-9-25-10-8-17/h2-6,16-17,19-20,25H,7-15H2,1H3,(H,26,33)(H,31,32)/t16-,19-,20+/m1/s1. The molecule has 0 bridgehead atoms. The number of carboxylic acids is 1. The van der Waals surface area contributed by atoms with E-state index in [4.69, 9.17) is 0 Å². The molecule has 1 aromatic rings. The molecule has 0 aromatic heterocycles. The molecule has 5 amide bonds. The quantitative estimate of drug-likeness (QED) is 0.560. The highest BCUT2D eigenvalue weighted by Crippen LogP contribution is 2.35. The van der Waals surface area contributed by atoms with E-state index >= 15 is 0 Å². The van der Waals surface area contributed by atoms with E-state index in [1.165, 1.54) is 4.90 Å². The molecule has 10 nitrogen and oxygen atoms in total. The summed E-state index contributed by atoms with van der Waals surface area (Å²) < 4.78 is 0. The second-order valence-electron chi connectivity index (χ2n) is 9.37. The molecule has 0 unspecified atom stereocenters. The molecule has 34 heavy (non-hydrogen) atoms. The zero-order chi connectivity index (χ0) is 24.2. The first-order valence-electron chi connectivity index (χ1n) is 12.0. The Bertz CT molecular complexity index is 912. The van der Waals surface area contributed by atoms with Crippen molar-refractivity contribution < 1.29 is 24.3 Å². The number of nitrogens with zero attached hydrogens (tertiary/aromatic N) is 3. The van der Waals surface area contributed by atoms with Crippen molar-refractivity contribution in [1.82, 2.24) is 25.3 Å². The van der Waals surface area contributed by atoms with E-state index in [0.29, 0.717) is 25.4 Å². The van der Waals surface area contributed by atoms with Gasteiger partial charge in [-0.3, -0.25) is 4.79 Å². The number of aliphatic carboxylic acids is 1. The van der Waals surface area contributed by atoms with Gasteiger partial charge in [-0.15, -0.1) is 0 Å². The summed E-state index contributed by atoms with van der Waals surface area (Å²) in [5.41, 5.74) is 1.000. The molecule has 1 aromatic carbocycles. The van der Waals surface area contributed by atoms with E-state index in [1.807, 2.05) is 37.3 Å². The average molecular weight is 472 g/mol. The van der Waals surface area contributed by atoms with Gasteiger partial charge in [-0.05, 0) is 50.8 Å². The first-order valence-corrected chi connectivity index (χ1v) is 12.0. The summed E-state index contributed by atoms with van der Waals surface area (Å²) >= 11 is 0. The molecule has 10 heteroatoms. The van der Waals surface area contributed by atoms with Gasteiger partial charge in [0.25, 0.3) is 0 Å².